The van der Waals surface area contributed by atoms with Gasteiger partial charge >= 0.3 is 0 Å². The predicted molar refractivity (Wildman–Crippen MR) is 70.1 cm³/mol. The molecule has 1 aliphatic rings. The van der Waals surface area contributed by atoms with Crippen molar-refractivity contribution in [3.05, 3.63) is 27.7 Å². The van der Waals surface area contributed by atoms with Crippen LogP contribution in [0, 0.1) is 18.3 Å². The molecule has 0 atom stereocenters. The first-order valence-corrected chi connectivity index (χ1v) is 6.75. The van der Waals surface area contributed by atoms with Crippen molar-refractivity contribution in [1.29, 1.82) is 5.26 Å². The number of amides is 1. The summed E-state index contributed by atoms with van der Waals surface area (Å²) in [4.78, 5) is 17.1. The van der Waals surface area contributed by atoms with Gasteiger partial charge in [-0.2, -0.15) is 5.26 Å². The van der Waals surface area contributed by atoms with Crippen LogP contribution in [0.3, 0.4) is 0 Å². The average molecular weight is 273 g/mol. The number of rotatable bonds is 2. The topological polar surface area (TPSA) is 94.5 Å². The van der Waals surface area contributed by atoms with Gasteiger partial charge in [0, 0.05) is 4.88 Å². The molecule has 0 unspecified atom stereocenters. The molecule has 7 heteroatoms. The second-order valence-electron chi connectivity index (χ2n) is 4.37. The number of aromatic nitrogens is 3. The Kier molecular flexibility index (Phi) is 2.80. The van der Waals surface area contributed by atoms with Crippen molar-refractivity contribution < 1.29 is 4.79 Å². The second kappa shape index (κ2) is 4.48. The van der Waals surface area contributed by atoms with Gasteiger partial charge in [-0.25, -0.2) is 4.98 Å². The molecule has 0 fully saturated rings. The standard InChI is InChI=1S/C12H11N5OS/c1-6-14-10(17-16-6)11(18)15-12-8(5-13)7-3-2-4-9(7)19-12/h2-4H2,1H3,(H,15,18)(H,14,16,17). The minimum absolute atomic E-state index is 0.0925. The predicted octanol–water partition coefficient (Wildman–Crippen LogP) is 1.79. The molecule has 0 saturated heterocycles. The summed E-state index contributed by atoms with van der Waals surface area (Å²) in [6.45, 7) is 1.73. The van der Waals surface area contributed by atoms with E-state index < -0.39 is 0 Å². The lowest BCUT2D eigenvalue weighted by atomic mass is 10.1. The Balaban J connectivity index is 1.88. The van der Waals surface area contributed by atoms with Gasteiger partial charge in [0.2, 0.25) is 5.82 Å². The minimum atomic E-state index is -0.388. The summed E-state index contributed by atoms with van der Waals surface area (Å²) in [7, 11) is 0. The van der Waals surface area contributed by atoms with E-state index >= 15 is 0 Å². The molecule has 0 aromatic carbocycles. The van der Waals surface area contributed by atoms with Gasteiger partial charge in [-0.1, -0.05) is 0 Å². The van der Waals surface area contributed by atoms with E-state index in [9.17, 15) is 10.1 Å². The smallest absolute Gasteiger partial charge is 0.295 e. The molecule has 0 bridgehead atoms. The second-order valence-corrected chi connectivity index (χ2v) is 5.48. The maximum Gasteiger partial charge on any atom is 0.295 e. The molecule has 0 spiro atoms. The Hall–Kier alpha value is -2.20. The molecule has 6 nitrogen and oxygen atoms in total. The maximum absolute atomic E-state index is 12.0. The summed E-state index contributed by atoms with van der Waals surface area (Å²) in [6, 6.07) is 2.19. The van der Waals surface area contributed by atoms with Crippen LogP contribution in [0.15, 0.2) is 0 Å². The van der Waals surface area contributed by atoms with Crippen LogP contribution < -0.4 is 5.32 Å². The summed E-state index contributed by atoms with van der Waals surface area (Å²) in [5.41, 5.74) is 1.69. The number of aromatic amines is 1. The van der Waals surface area contributed by atoms with Gasteiger partial charge in [0.1, 0.15) is 16.9 Å². The Morgan fingerprint density at radius 1 is 1.53 bits per heavy atom. The molecule has 1 aliphatic carbocycles. The summed E-state index contributed by atoms with van der Waals surface area (Å²) < 4.78 is 0. The number of aryl methyl sites for hydroxylation is 2. The monoisotopic (exact) mass is 273 g/mol. The number of carbonyl (C=O) groups is 1. The van der Waals surface area contributed by atoms with Crippen LogP contribution in [0.2, 0.25) is 0 Å². The van der Waals surface area contributed by atoms with Gasteiger partial charge in [0.05, 0.1) is 5.56 Å². The molecule has 0 saturated carbocycles. The van der Waals surface area contributed by atoms with E-state index in [4.69, 9.17) is 0 Å². The van der Waals surface area contributed by atoms with Crippen molar-refractivity contribution in [3.63, 3.8) is 0 Å². The summed E-state index contributed by atoms with van der Waals surface area (Å²) >= 11 is 1.48. The molecule has 2 aromatic heterocycles. The molecule has 0 radical (unpaired) electrons. The SMILES string of the molecule is Cc1nc(C(=O)Nc2sc3c(c2C#N)CCC3)n[nH]1. The van der Waals surface area contributed by atoms with Crippen LogP contribution in [-0.2, 0) is 12.8 Å². The molecule has 1 amide bonds. The fraction of sp³-hybridized carbons (Fsp3) is 0.333. The normalized spacial score (nSPS) is 13.1. The van der Waals surface area contributed by atoms with E-state index in [1.165, 1.54) is 16.2 Å². The number of fused-ring (bicyclic) bond motifs is 1. The van der Waals surface area contributed by atoms with Crippen molar-refractivity contribution in [2.24, 2.45) is 0 Å². The first-order valence-electron chi connectivity index (χ1n) is 5.94. The number of thiophene rings is 1. The van der Waals surface area contributed by atoms with E-state index in [-0.39, 0.29) is 11.7 Å². The number of nitrogens with one attached hydrogen (secondary N) is 2. The molecule has 96 valence electrons. The maximum atomic E-state index is 12.0. The third-order valence-electron chi connectivity index (χ3n) is 3.06. The fourth-order valence-corrected chi connectivity index (χ4v) is 3.45. The minimum Gasteiger partial charge on any atom is -0.310 e. The van der Waals surface area contributed by atoms with Crippen LogP contribution in [0.1, 0.15) is 38.9 Å². The van der Waals surface area contributed by atoms with Crippen molar-refractivity contribution in [3.8, 4) is 6.07 Å². The highest BCUT2D eigenvalue weighted by Crippen LogP contribution is 2.38. The third kappa shape index (κ3) is 2.00. The quantitative estimate of drug-likeness (QED) is 0.872. The van der Waals surface area contributed by atoms with Crippen LogP contribution in [0.5, 0.6) is 0 Å². The largest absolute Gasteiger partial charge is 0.310 e. The Labute approximate surface area is 113 Å². The zero-order chi connectivity index (χ0) is 13.4. The van der Waals surface area contributed by atoms with E-state index in [1.54, 1.807) is 6.92 Å². The summed E-state index contributed by atoms with van der Waals surface area (Å²) in [6.07, 6.45) is 3.00. The average Bonchev–Trinajstić information content (AvgIpc) is 3.04. The zero-order valence-corrected chi connectivity index (χ0v) is 11.1. The van der Waals surface area contributed by atoms with Crippen molar-refractivity contribution in [2.45, 2.75) is 26.2 Å². The van der Waals surface area contributed by atoms with Gasteiger partial charge in [0.25, 0.3) is 5.91 Å². The fourth-order valence-electron chi connectivity index (χ4n) is 2.21. The molecule has 19 heavy (non-hydrogen) atoms. The lowest BCUT2D eigenvalue weighted by molar-refractivity contribution is 0.101. The molecule has 2 heterocycles. The van der Waals surface area contributed by atoms with Crippen LogP contribution >= 0.6 is 11.3 Å². The Morgan fingerprint density at radius 2 is 2.37 bits per heavy atom. The zero-order valence-electron chi connectivity index (χ0n) is 10.3. The van der Waals surface area contributed by atoms with Gasteiger partial charge in [-0.3, -0.25) is 9.89 Å². The number of anilines is 1. The lowest BCUT2D eigenvalue weighted by Crippen LogP contribution is -2.13. The number of carbonyl (C=O) groups excluding carboxylic acids is 1. The van der Waals surface area contributed by atoms with Gasteiger partial charge in [0.15, 0.2) is 0 Å². The summed E-state index contributed by atoms with van der Waals surface area (Å²) in [5.74, 6) is 0.287. The van der Waals surface area contributed by atoms with Gasteiger partial charge in [-0.05, 0) is 31.7 Å². The lowest BCUT2D eigenvalue weighted by Gasteiger charge is -2.00. The number of H-pyrrole nitrogens is 1. The van der Waals surface area contributed by atoms with Crippen molar-refractivity contribution in [1.82, 2.24) is 15.2 Å². The van der Waals surface area contributed by atoms with Crippen LogP contribution in [-0.4, -0.2) is 21.1 Å². The highest BCUT2D eigenvalue weighted by Gasteiger charge is 2.24. The van der Waals surface area contributed by atoms with E-state index in [0.717, 1.165) is 24.8 Å². The first kappa shape index (κ1) is 11.9. The molecular weight excluding hydrogens is 262 g/mol. The van der Waals surface area contributed by atoms with Gasteiger partial charge in [-0.15, -0.1) is 16.4 Å². The Bertz CT molecular complexity index is 694. The molecule has 2 N–H and O–H groups in total. The number of nitrogens with zero attached hydrogens (tertiary/aromatic N) is 3. The van der Waals surface area contributed by atoms with E-state index in [1.807, 2.05) is 0 Å². The number of nitriles is 1. The highest BCUT2D eigenvalue weighted by molar-refractivity contribution is 7.16. The molecule has 0 aliphatic heterocycles. The molecule has 3 rings (SSSR count). The van der Waals surface area contributed by atoms with Crippen LogP contribution in [0.4, 0.5) is 5.00 Å². The highest BCUT2D eigenvalue weighted by atomic mass is 32.1. The van der Waals surface area contributed by atoms with Crippen molar-refractivity contribution >= 4 is 22.2 Å². The van der Waals surface area contributed by atoms with E-state index in [2.05, 4.69) is 26.6 Å². The van der Waals surface area contributed by atoms with Crippen molar-refractivity contribution in [2.75, 3.05) is 5.32 Å². The molecule has 2 aromatic rings. The number of hydrogen-bond donors (Lipinski definition) is 2. The Morgan fingerprint density at radius 3 is 3.05 bits per heavy atom. The summed E-state index contributed by atoms with van der Waals surface area (Å²) in [5, 5.41) is 19.0. The first-order chi connectivity index (χ1) is 9.19. The van der Waals surface area contributed by atoms with Gasteiger partial charge < -0.3 is 5.32 Å². The molecular formula is C12H11N5OS. The van der Waals surface area contributed by atoms with E-state index in [0.29, 0.717) is 16.4 Å². The van der Waals surface area contributed by atoms with Crippen LogP contribution in [0.25, 0.3) is 0 Å². The number of hydrogen-bond acceptors (Lipinski definition) is 5. The third-order valence-corrected chi connectivity index (χ3v) is 4.27.